The molecule has 0 aliphatic rings. The van der Waals surface area contributed by atoms with E-state index in [1.165, 1.54) is 4.88 Å². The molecule has 4 heteroatoms. The molecule has 1 atom stereocenters. The second-order valence-corrected chi connectivity index (χ2v) is 5.00. The number of benzene rings is 1. The Labute approximate surface area is 103 Å². The number of hydrogen-bond donors (Lipinski definition) is 2. The van der Waals surface area contributed by atoms with Crippen LogP contribution in [0.4, 0.5) is 5.69 Å². The van der Waals surface area contributed by atoms with E-state index in [2.05, 4.69) is 46.0 Å². The van der Waals surface area contributed by atoms with E-state index in [-0.39, 0.29) is 0 Å². The molecule has 3 nitrogen and oxygen atoms in total. The SMILES string of the molecule is CC(Nc1cccc2[nH]ncc12)c1cccs1. The second kappa shape index (κ2) is 4.22. The van der Waals surface area contributed by atoms with Crippen LogP contribution in [0.1, 0.15) is 17.8 Å². The molecule has 17 heavy (non-hydrogen) atoms. The van der Waals surface area contributed by atoms with E-state index < -0.39 is 0 Å². The number of anilines is 1. The summed E-state index contributed by atoms with van der Waals surface area (Å²) in [7, 11) is 0. The van der Waals surface area contributed by atoms with Crippen LogP contribution in [0.3, 0.4) is 0 Å². The van der Waals surface area contributed by atoms with Crippen molar-refractivity contribution < 1.29 is 0 Å². The lowest BCUT2D eigenvalue weighted by molar-refractivity contribution is 0.910. The highest BCUT2D eigenvalue weighted by Crippen LogP contribution is 2.27. The summed E-state index contributed by atoms with van der Waals surface area (Å²) in [5, 5.41) is 13.8. The first kappa shape index (κ1) is 10.4. The summed E-state index contributed by atoms with van der Waals surface area (Å²) in [5.41, 5.74) is 2.19. The van der Waals surface area contributed by atoms with E-state index in [0.29, 0.717) is 6.04 Å². The van der Waals surface area contributed by atoms with Crippen LogP contribution < -0.4 is 5.32 Å². The van der Waals surface area contributed by atoms with Crippen LogP contribution in [0.15, 0.2) is 41.9 Å². The van der Waals surface area contributed by atoms with Crippen molar-refractivity contribution in [2.75, 3.05) is 5.32 Å². The molecule has 1 aromatic carbocycles. The number of H-pyrrole nitrogens is 1. The van der Waals surface area contributed by atoms with E-state index in [9.17, 15) is 0 Å². The van der Waals surface area contributed by atoms with Crippen LogP contribution in [-0.4, -0.2) is 10.2 Å². The lowest BCUT2D eigenvalue weighted by Gasteiger charge is -2.14. The van der Waals surface area contributed by atoms with Crippen molar-refractivity contribution in [1.82, 2.24) is 10.2 Å². The van der Waals surface area contributed by atoms with E-state index in [1.807, 2.05) is 18.3 Å². The van der Waals surface area contributed by atoms with Crippen LogP contribution in [0.25, 0.3) is 10.9 Å². The van der Waals surface area contributed by atoms with Gasteiger partial charge in [-0.15, -0.1) is 11.3 Å². The van der Waals surface area contributed by atoms with Gasteiger partial charge in [0.05, 0.1) is 17.8 Å². The number of nitrogens with zero attached hydrogens (tertiary/aromatic N) is 1. The summed E-state index contributed by atoms with van der Waals surface area (Å²) < 4.78 is 0. The van der Waals surface area contributed by atoms with Gasteiger partial charge >= 0.3 is 0 Å². The number of nitrogens with one attached hydrogen (secondary N) is 2. The van der Waals surface area contributed by atoms with Gasteiger partial charge in [-0.1, -0.05) is 12.1 Å². The molecule has 86 valence electrons. The molecular weight excluding hydrogens is 230 g/mol. The third-order valence-corrected chi connectivity index (χ3v) is 3.88. The van der Waals surface area contributed by atoms with Gasteiger partial charge in [0.1, 0.15) is 0 Å². The molecule has 0 saturated carbocycles. The Morgan fingerprint density at radius 1 is 1.29 bits per heavy atom. The van der Waals surface area contributed by atoms with Crippen molar-refractivity contribution in [3.63, 3.8) is 0 Å². The summed E-state index contributed by atoms with van der Waals surface area (Å²) in [6.07, 6.45) is 1.86. The molecule has 2 N–H and O–H groups in total. The summed E-state index contributed by atoms with van der Waals surface area (Å²) in [6.45, 7) is 2.17. The Bertz CT molecular complexity index is 612. The van der Waals surface area contributed by atoms with Gasteiger partial charge in [0, 0.05) is 16.0 Å². The Kier molecular flexibility index (Phi) is 2.57. The van der Waals surface area contributed by atoms with Crippen molar-refractivity contribution in [2.45, 2.75) is 13.0 Å². The van der Waals surface area contributed by atoms with Crippen LogP contribution in [0.2, 0.25) is 0 Å². The molecule has 0 bridgehead atoms. The molecule has 0 amide bonds. The molecule has 2 aromatic heterocycles. The zero-order valence-electron chi connectivity index (χ0n) is 9.47. The zero-order valence-corrected chi connectivity index (χ0v) is 10.3. The van der Waals surface area contributed by atoms with Crippen molar-refractivity contribution in [3.8, 4) is 0 Å². The van der Waals surface area contributed by atoms with Gasteiger partial charge in [-0.05, 0) is 30.5 Å². The number of aromatic nitrogens is 2. The molecule has 0 aliphatic carbocycles. The molecule has 3 aromatic rings. The molecular formula is C13H13N3S. The maximum atomic E-state index is 4.07. The third kappa shape index (κ3) is 1.91. The number of thiophene rings is 1. The molecule has 0 saturated heterocycles. The largest absolute Gasteiger partial charge is 0.377 e. The van der Waals surface area contributed by atoms with Gasteiger partial charge in [0.2, 0.25) is 0 Å². The summed E-state index contributed by atoms with van der Waals surface area (Å²) in [4.78, 5) is 1.34. The summed E-state index contributed by atoms with van der Waals surface area (Å²) in [5.74, 6) is 0. The number of rotatable bonds is 3. The average Bonchev–Trinajstić information content (AvgIpc) is 3.00. The predicted octanol–water partition coefficient (Wildman–Crippen LogP) is 3.80. The summed E-state index contributed by atoms with van der Waals surface area (Å²) >= 11 is 1.77. The molecule has 0 aliphatic heterocycles. The van der Waals surface area contributed by atoms with Crippen molar-refractivity contribution in [3.05, 3.63) is 46.8 Å². The van der Waals surface area contributed by atoms with Crippen molar-refractivity contribution >= 4 is 27.9 Å². The monoisotopic (exact) mass is 243 g/mol. The third-order valence-electron chi connectivity index (χ3n) is 2.83. The van der Waals surface area contributed by atoms with Gasteiger partial charge in [-0.3, -0.25) is 5.10 Å². The first-order chi connectivity index (χ1) is 8.34. The minimum atomic E-state index is 0.315. The number of hydrogen-bond acceptors (Lipinski definition) is 3. The highest BCUT2D eigenvalue weighted by molar-refractivity contribution is 7.10. The average molecular weight is 243 g/mol. The molecule has 0 radical (unpaired) electrons. The minimum absolute atomic E-state index is 0.315. The minimum Gasteiger partial charge on any atom is -0.377 e. The maximum Gasteiger partial charge on any atom is 0.0671 e. The number of fused-ring (bicyclic) bond motifs is 1. The Hall–Kier alpha value is -1.81. The van der Waals surface area contributed by atoms with E-state index in [0.717, 1.165) is 16.6 Å². The van der Waals surface area contributed by atoms with Crippen LogP contribution in [0, 0.1) is 0 Å². The van der Waals surface area contributed by atoms with Crippen LogP contribution in [0.5, 0.6) is 0 Å². The normalized spacial score (nSPS) is 12.8. The van der Waals surface area contributed by atoms with Crippen LogP contribution in [-0.2, 0) is 0 Å². The molecule has 3 rings (SSSR count). The molecule has 1 unspecified atom stereocenters. The first-order valence-corrected chi connectivity index (χ1v) is 6.44. The topological polar surface area (TPSA) is 40.7 Å². The second-order valence-electron chi connectivity index (χ2n) is 4.02. The molecule has 2 heterocycles. The van der Waals surface area contributed by atoms with E-state index in [4.69, 9.17) is 0 Å². The fourth-order valence-electron chi connectivity index (χ4n) is 1.94. The number of aromatic amines is 1. The molecule has 0 spiro atoms. The van der Waals surface area contributed by atoms with Crippen LogP contribution >= 0.6 is 11.3 Å². The fourth-order valence-corrected chi connectivity index (χ4v) is 2.67. The molecule has 0 fully saturated rings. The Morgan fingerprint density at radius 2 is 2.24 bits per heavy atom. The highest BCUT2D eigenvalue weighted by Gasteiger charge is 2.08. The van der Waals surface area contributed by atoms with E-state index in [1.54, 1.807) is 11.3 Å². The van der Waals surface area contributed by atoms with Crippen molar-refractivity contribution in [2.24, 2.45) is 0 Å². The Balaban J connectivity index is 1.92. The van der Waals surface area contributed by atoms with Crippen molar-refractivity contribution in [1.29, 1.82) is 0 Å². The lowest BCUT2D eigenvalue weighted by atomic mass is 10.2. The standard InChI is InChI=1S/C13H13N3S/c1-9(13-6-3-7-17-13)15-11-4-2-5-12-10(11)8-14-16-12/h2-9,15H,1H3,(H,14,16). The van der Waals surface area contributed by atoms with Gasteiger partial charge in [-0.25, -0.2) is 0 Å². The highest BCUT2D eigenvalue weighted by atomic mass is 32.1. The smallest absolute Gasteiger partial charge is 0.0671 e. The van der Waals surface area contributed by atoms with Gasteiger partial charge < -0.3 is 5.32 Å². The first-order valence-electron chi connectivity index (χ1n) is 5.56. The summed E-state index contributed by atoms with van der Waals surface area (Å²) in [6, 6.07) is 10.7. The zero-order chi connectivity index (χ0) is 11.7. The van der Waals surface area contributed by atoms with Gasteiger partial charge in [0.15, 0.2) is 0 Å². The Morgan fingerprint density at radius 3 is 3.06 bits per heavy atom. The van der Waals surface area contributed by atoms with E-state index >= 15 is 0 Å². The predicted molar refractivity (Wildman–Crippen MR) is 72.5 cm³/mol. The maximum absolute atomic E-state index is 4.07. The lowest BCUT2D eigenvalue weighted by Crippen LogP contribution is -2.04. The van der Waals surface area contributed by atoms with Gasteiger partial charge in [0.25, 0.3) is 0 Å². The quantitative estimate of drug-likeness (QED) is 0.734. The fraction of sp³-hybridized carbons (Fsp3) is 0.154. The van der Waals surface area contributed by atoms with Gasteiger partial charge in [-0.2, -0.15) is 5.10 Å².